The van der Waals surface area contributed by atoms with Gasteiger partial charge in [-0.2, -0.15) is 0 Å². The van der Waals surface area contributed by atoms with E-state index in [0.29, 0.717) is 0 Å². The minimum Gasteiger partial charge on any atom is -0.480 e. The van der Waals surface area contributed by atoms with Gasteiger partial charge in [0.05, 0.1) is 5.56 Å². The Balaban J connectivity index is 3.03. The minimum atomic E-state index is -3.79. The number of carbonyl (C=O) groups excluding carboxylic acids is 1. The highest BCUT2D eigenvalue weighted by Gasteiger charge is 2.24. The number of carbonyl (C=O) groups is 2. The second kappa shape index (κ2) is 5.41. The van der Waals surface area contributed by atoms with Crippen molar-refractivity contribution in [3.8, 4) is 0 Å². The van der Waals surface area contributed by atoms with Crippen molar-refractivity contribution in [3.63, 3.8) is 0 Å². The summed E-state index contributed by atoms with van der Waals surface area (Å²) in [6.45, 7) is 2.70. The number of amides is 1. The van der Waals surface area contributed by atoms with Crippen molar-refractivity contribution in [2.24, 2.45) is 0 Å². The Bertz CT molecular complexity index is 604. The number of carboxylic acid groups (broad SMARTS) is 1. The summed E-state index contributed by atoms with van der Waals surface area (Å²) in [6.07, 6.45) is 0. The van der Waals surface area contributed by atoms with Gasteiger partial charge in [0.2, 0.25) is 5.09 Å². The van der Waals surface area contributed by atoms with Gasteiger partial charge in [0, 0.05) is 6.07 Å². The summed E-state index contributed by atoms with van der Waals surface area (Å²) in [5.74, 6) is -1.82. The molecule has 19 heavy (non-hydrogen) atoms. The van der Waals surface area contributed by atoms with Crippen LogP contribution in [0.25, 0.3) is 0 Å². The van der Waals surface area contributed by atoms with Crippen LogP contribution in [0.4, 0.5) is 0 Å². The Labute approximate surface area is 109 Å². The van der Waals surface area contributed by atoms with Gasteiger partial charge in [-0.15, -0.1) is 0 Å². The normalized spacial score (nSPS) is 13.0. The first-order valence-corrected chi connectivity index (χ1v) is 6.75. The summed E-state index contributed by atoms with van der Waals surface area (Å²) in [4.78, 5) is 22.4. The van der Waals surface area contributed by atoms with E-state index in [1.807, 2.05) is 4.72 Å². The predicted octanol–water partition coefficient (Wildman–Crippen LogP) is -0.301. The molecule has 0 aliphatic carbocycles. The van der Waals surface area contributed by atoms with Gasteiger partial charge < -0.3 is 14.8 Å². The molecular formula is C10H14N2O6S. The van der Waals surface area contributed by atoms with Gasteiger partial charge >= 0.3 is 5.97 Å². The molecule has 0 bridgehead atoms. The Morgan fingerprint density at radius 3 is 2.47 bits per heavy atom. The fraction of sp³-hybridized carbons (Fsp3) is 0.400. The van der Waals surface area contributed by atoms with Gasteiger partial charge in [0.25, 0.3) is 15.9 Å². The van der Waals surface area contributed by atoms with E-state index in [2.05, 4.69) is 5.32 Å². The predicted molar refractivity (Wildman–Crippen MR) is 64.3 cm³/mol. The third-order valence-corrected chi connectivity index (χ3v) is 3.66. The zero-order valence-corrected chi connectivity index (χ0v) is 11.4. The average Bonchev–Trinajstić information content (AvgIpc) is 2.71. The zero-order valence-electron chi connectivity index (χ0n) is 10.6. The molecule has 3 N–H and O–H groups in total. The van der Waals surface area contributed by atoms with Crippen LogP contribution in [0, 0.1) is 6.92 Å². The highest BCUT2D eigenvalue weighted by atomic mass is 32.2. The molecule has 0 saturated carbocycles. The second-order valence-corrected chi connectivity index (χ2v) is 5.59. The number of hydrogen-bond donors (Lipinski definition) is 3. The van der Waals surface area contributed by atoms with Gasteiger partial charge in [0.1, 0.15) is 11.8 Å². The molecule has 1 amide bonds. The van der Waals surface area contributed by atoms with Gasteiger partial charge in [0.15, 0.2) is 0 Å². The van der Waals surface area contributed by atoms with E-state index in [4.69, 9.17) is 9.52 Å². The monoisotopic (exact) mass is 290 g/mol. The summed E-state index contributed by atoms with van der Waals surface area (Å²) >= 11 is 0. The zero-order chi connectivity index (χ0) is 14.8. The molecule has 106 valence electrons. The topological polar surface area (TPSA) is 126 Å². The summed E-state index contributed by atoms with van der Waals surface area (Å²) in [5.41, 5.74) is -0.0260. The first-order chi connectivity index (χ1) is 8.69. The Hall–Kier alpha value is -1.87. The molecule has 1 atom stereocenters. The Kier molecular flexibility index (Phi) is 4.32. The highest BCUT2D eigenvalue weighted by Crippen LogP contribution is 2.18. The molecule has 0 fully saturated rings. The van der Waals surface area contributed by atoms with Crippen LogP contribution in [0.5, 0.6) is 0 Å². The number of furan rings is 1. The van der Waals surface area contributed by atoms with E-state index < -0.39 is 33.0 Å². The van der Waals surface area contributed by atoms with Crippen LogP contribution < -0.4 is 10.0 Å². The van der Waals surface area contributed by atoms with Crippen molar-refractivity contribution in [1.82, 2.24) is 10.0 Å². The fourth-order valence-corrected chi connectivity index (χ4v) is 1.96. The van der Waals surface area contributed by atoms with Gasteiger partial charge in [-0.05, 0) is 20.9 Å². The first-order valence-electron chi connectivity index (χ1n) is 5.26. The number of aliphatic carboxylic acids is 1. The second-order valence-electron chi connectivity index (χ2n) is 3.78. The van der Waals surface area contributed by atoms with Crippen molar-refractivity contribution >= 4 is 21.9 Å². The van der Waals surface area contributed by atoms with Crippen LogP contribution in [0.3, 0.4) is 0 Å². The van der Waals surface area contributed by atoms with Crippen LogP contribution in [0.1, 0.15) is 23.0 Å². The van der Waals surface area contributed by atoms with Gasteiger partial charge in [-0.25, -0.2) is 13.1 Å². The van der Waals surface area contributed by atoms with Crippen molar-refractivity contribution in [2.75, 3.05) is 7.05 Å². The van der Waals surface area contributed by atoms with E-state index in [-0.39, 0.29) is 11.3 Å². The molecule has 1 aromatic rings. The van der Waals surface area contributed by atoms with Crippen molar-refractivity contribution in [1.29, 1.82) is 0 Å². The molecule has 8 nitrogen and oxygen atoms in total. The van der Waals surface area contributed by atoms with Crippen LogP contribution in [-0.2, 0) is 14.8 Å². The third kappa shape index (κ3) is 3.32. The lowest BCUT2D eigenvalue weighted by atomic mass is 10.2. The van der Waals surface area contributed by atoms with Gasteiger partial charge in [-0.1, -0.05) is 0 Å². The minimum absolute atomic E-state index is 0.0260. The lowest BCUT2D eigenvalue weighted by molar-refractivity contribution is -0.138. The molecule has 0 spiro atoms. The SMILES string of the molecule is CNS(=O)(=O)c1cc(C(=O)N[C@@H](C)C(=O)O)c(C)o1. The smallest absolute Gasteiger partial charge is 0.325 e. The largest absolute Gasteiger partial charge is 0.480 e. The van der Waals surface area contributed by atoms with E-state index >= 15 is 0 Å². The van der Waals surface area contributed by atoms with Crippen molar-refractivity contribution < 1.29 is 27.5 Å². The van der Waals surface area contributed by atoms with Crippen LogP contribution >= 0.6 is 0 Å². The molecule has 1 aromatic heterocycles. The molecule has 9 heteroatoms. The summed E-state index contributed by atoms with van der Waals surface area (Å²) in [6, 6.07) is -0.0448. The number of rotatable bonds is 5. The third-order valence-electron chi connectivity index (χ3n) is 2.39. The van der Waals surface area contributed by atoms with E-state index in [9.17, 15) is 18.0 Å². The maximum atomic E-state index is 11.8. The lowest BCUT2D eigenvalue weighted by Gasteiger charge is -2.07. The molecule has 0 aliphatic heterocycles. The van der Waals surface area contributed by atoms with Crippen molar-refractivity contribution in [2.45, 2.75) is 25.0 Å². The maximum absolute atomic E-state index is 11.8. The summed E-state index contributed by atoms with van der Waals surface area (Å²) in [7, 11) is -2.58. The van der Waals surface area contributed by atoms with Crippen molar-refractivity contribution in [3.05, 3.63) is 17.4 Å². The summed E-state index contributed by atoms with van der Waals surface area (Å²) < 4.78 is 30.0. The molecule has 0 aromatic carbocycles. The van der Waals surface area contributed by atoms with E-state index in [1.165, 1.54) is 20.9 Å². The number of carboxylic acids is 1. The highest BCUT2D eigenvalue weighted by molar-refractivity contribution is 7.89. The molecule has 0 saturated heterocycles. The Morgan fingerprint density at radius 2 is 2.00 bits per heavy atom. The molecule has 0 unspecified atom stereocenters. The number of sulfonamides is 1. The quantitative estimate of drug-likeness (QED) is 0.683. The molecule has 0 aliphatic rings. The van der Waals surface area contributed by atoms with E-state index in [0.717, 1.165) is 6.07 Å². The van der Waals surface area contributed by atoms with Crippen LogP contribution in [0.2, 0.25) is 0 Å². The maximum Gasteiger partial charge on any atom is 0.325 e. The van der Waals surface area contributed by atoms with E-state index in [1.54, 1.807) is 0 Å². The molecular weight excluding hydrogens is 276 g/mol. The standard InChI is InChI=1S/C10H14N2O6S/c1-5(10(14)15)12-9(13)7-4-8(18-6(7)2)19(16,17)11-3/h4-5,11H,1-3H3,(H,12,13)(H,14,15)/t5-/m0/s1. The average molecular weight is 290 g/mol. The lowest BCUT2D eigenvalue weighted by Crippen LogP contribution is -2.38. The fourth-order valence-electron chi connectivity index (χ4n) is 1.25. The summed E-state index contributed by atoms with van der Waals surface area (Å²) in [5, 5.41) is 10.5. The number of hydrogen-bond acceptors (Lipinski definition) is 5. The Morgan fingerprint density at radius 1 is 1.42 bits per heavy atom. The van der Waals surface area contributed by atoms with Gasteiger partial charge in [-0.3, -0.25) is 9.59 Å². The first kappa shape index (κ1) is 15.2. The van der Waals surface area contributed by atoms with Crippen LogP contribution in [-0.4, -0.2) is 38.5 Å². The number of nitrogens with one attached hydrogen (secondary N) is 2. The van der Waals surface area contributed by atoms with Crippen LogP contribution in [0.15, 0.2) is 15.6 Å². The number of aryl methyl sites for hydroxylation is 1. The molecule has 0 radical (unpaired) electrons. The molecule has 1 heterocycles. The molecule has 1 rings (SSSR count).